The molecular weight excluding hydrogens is 402 g/mol. The van der Waals surface area contributed by atoms with Gasteiger partial charge in [-0.15, -0.1) is 0 Å². The Balaban J connectivity index is 2.23. The Morgan fingerprint density at radius 2 is 1.63 bits per heavy atom. The molecule has 0 radical (unpaired) electrons. The van der Waals surface area contributed by atoms with Crippen LogP contribution in [0.3, 0.4) is 0 Å². The van der Waals surface area contributed by atoms with Crippen molar-refractivity contribution in [3.63, 3.8) is 0 Å². The van der Waals surface area contributed by atoms with Gasteiger partial charge in [-0.2, -0.15) is 0 Å². The molecule has 0 aliphatic carbocycles. The van der Waals surface area contributed by atoms with E-state index in [1.165, 1.54) is 29.6 Å². The van der Waals surface area contributed by atoms with E-state index in [9.17, 15) is 18.3 Å². The summed E-state index contributed by atoms with van der Waals surface area (Å²) in [5.74, 6) is -0.652. The van der Waals surface area contributed by atoms with Crippen molar-refractivity contribution in [1.82, 2.24) is 0 Å². The quantitative estimate of drug-likeness (QED) is 0.606. The second kappa shape index (κ2) is 8.59. The van der Waals surface area contributed by atoms with Crippen molar-refractivity contribution >= 4 is 21.7 Å². The highest BCUT2D eigenvalue weighted by molar-refractivity contribution is 7.92. The first kappa shape index (κ1) is 21.4. The van der Waals surface area contributed by atoms with Crippen molar-refractivity contribution in [2.24, 2.45) is 0 Å². The zero-order valence-electron chi connectivity index (χ0n) is 17.0. The molecule has 0 aliphatic rings. The van der Waals surface area contributed by atoms with Crippen molar-refractivity contribution in [1.29, 1.82) is 0 Å². The first-order valence-corrected chi connectivity index (χ1v) is 10.7. The van der Waals surface area contributed by atoms with E-state index in [4.69, 9.17) is 4.74 Å². The minimum Gasteiger partial charge on any atom is -0.497 e. The van der Waals surface area contributed by atoms with Crippen LogP contribution in [0.25, 0.3) is 0 Å². The second-order valence-corrected chi connectivity index (χ2v) is 8.82. The molecule has 1 N–H and O–H groups in total. The fraction of sp³-hybridized carbons (Fsp3) is 0.174. The average Bonchev–Trinajstić information content (AvgIpc) is 2.72. The fourth-order valence-electron chi connectivity index (χ4n) is 3.36. The van der Waals surface area contributed by atoms with E-state index < -0.39 is 16.0 Å². The zero-order chi connectivity index (χ0) is 21.9. The van der Waals surface area contributed by atoms with Gasteiger partial charge in [-0.3, -0.25) is 4.31 Å². The molecular formula is C23H23NO5S. The van der Waals surface area contributed by atoms with Crippen LogP contribution in [0, 0.1) is 13.8 Å². The van der Waals surface area contributed by atoms with Crippen LogP contribution in [-0.2, 0) is 16.6 Å². The van der Waals surface area contributed by atoms with E-state index in [-0.39, 0.29) is 22.7 Å². The summed E-state index contributed by atoms with van der Waals surface area (Å²) in [7, 11) is -2.55. The van der Waals surface area contributed by atoms with E-state index in [1.807, 2.05) is 18.2 Å². The number of ether oxygens (including phenoxy) is 1. The predicted molar refractivity (Wildman–Crippen MR) is 116 cm³/mol. The summed E-state index contributed by atoms with van der Waals surface area (Å²) in [6.07, 6.45) is 0. The fourth-order valence-corrected chi connectivity index (χ4v) is 4.90. The van der Waals surface area contributed by atoms with E-state index in [0.29, 0.717) is 11.3 Å². The number of hydrogen-bond acceptors (Lipinski definition) is 4. The third-order valence-electron chi connectivity index (χ3n) is 4.74. The number of aryl methyl sites for hydroxylation is 2. The lowest BCUT2D eigenvalue weighted by Gasteiger charge is -2.28. The number of hydrogen-bond donors (Lipinski definition) is 1. The Morgan fingerprint density at radius 1 is 1.00 bits per heavy atom. The highest BCUT2D eigenvalue weighted by atomic mass is 32.2. The average molecular weight is 426 g/mol. The minimum atomic E-state index is -4.05. The van der Waals surface area contributed by atoms with Gasteiger partial charge in [0.2, 0.25) is 0 Å². The molecule has 3 rings (SSSR count). The van der Waals surface area contributed by atoms with Gasteiger partial charge < -0.3 is 9.84 Å². The SMILES string of the molecule is COc1ccc(S(=O)(=O)N(Cc2ccccc2)c2c(C)cc(C)cc2C(=O)O)cc1. The van der Waals surface area contributed by atoms with Crippen LogP contribution in [-0.4, -0.2) is 26.6 Å². The molecule has 6 nitrogen and oxygen atoms in total. The van der Waals surface area contributed by atoms with Crippen molar-refractivity contribution in [2.75, 3.05) is 11.4 Å². The monoisotopic (exact) mass is 425 g/mol. The maximum atomic E-state index is 13.6. The summed E-state index contributed by atoms with van der Waals surface area (Å²) in [6, 6.07) is 18.4. The maximum Gasteiger partial charge on any atom is 0.337 e. The molecule has 3 aromatic rings. The Bertz CT molecular complexity index is 1160. The Hall–Kier alpha value is -3.32. The van der Waals surface area contributed by atoms with Crippen molar-refractivity contribution < 1.29 is 23.1 Å². The number of benzene rings is 3. The summed E-state index contributed by atoms with van der Waals surface area (Å²) in [5.41, 5.74) is 2.16. The van der Waals surface area contributed by atoms with Gasteiger partial charge in [0.05, 0.1) is 29.8 Å². The van der Waals surface area contributed by atoms with Gasteiger partial charge in [-0.25, -0.2) is 13.2 Å². The summed E-state index contributed by atoms with van der Waals surface area (Å²) in [4.78, 5) is 12.0. The smallest absolute Gasteiger partial charge is 0.337 e. The molecule has 0 saturated carbocycles. The van der Waals surface area contributed by atoms with Crippen LogP contribution >= 0.6 is 0 Å². The molecule has 0 spiro atoms. The summed E-state index contributed by atoms with van der Waals surface area (Å²) >= 11 is 0. The van der Waals surface area contributed by atoms with Gasteiger partial charge in [0.1, 0.15) is 5.75 Å². The van der Waals surface area contributed by atoms with Crippen LogP contribution in [0.15, 0.2) is 71.6 Å². The second-order valence-electron chi connectivity index (χ2n) is 6.96. The molecule has 0 unspecified atom stereocenters. The van der Waals surface area contributed by atoms with E-state index in [2.05, 4.69) is 0 Å². The van der Waals surface area contributed by atoms with Gasteiger partial charge in [0, 0.05) is 0 Å². The van der Waals surface area contributed by atoms with E-state index >= 15 is 0 Å². The number of carboxylic acids is 1. The molecule has 30 heavy (non-hydrogen) atoms. The van der Waals surface area contributed by atoms with Gasteiger partial charge >= 0.3 is 5.97 Å². The number of carbonyl (C=O) groups is 1. The van der Waals surface area contributed by atoms with Crippen LogP contribution in [0.2, 0.25) is 0 Å². The molecule has 0 saturated heterocycles. The van der Waals surface area contributed by atoms with Gasteiger partial charge in [-0.05, 0) is 60.9 Å². The van der Waals surface area contributed by atoms with Crippen LogP contribution < -0.4 is 9.04 Å². The number of anilines is 1. The molecule has 0 fully saturated rings. The van der Waals surface area contributed by atoms with Crippen molar-refractivity contribution in [3.8, 4) is 5.75 Å². The van der Waals surface area contributed by atoms with Crippen LogP contribution in [0.1, 0.15) is 27.0 Å². The number of aromatic carboxylic acids is 1. The standard InChI is InChI=1S/C23H23NO5S/c1-16-13-17(2)22(21(14-16)23(25)26)24(15-18-7-5-4-6-8-18)30(27,28)20-11-9-19(29-3)10-12-20/h4-14H,15H2,1-3H3,(H,25,26). The minimum absolute atomic E-state index is 0.000612. The number of nitrogens with zero attached hydrogens (tertiary/aromatic N) is 1. The molecule has 0 aliphatic heterocycles. The molecule has 0 heterocycles. The molecule has 156 valence electrons. The molecule has 0 amide bonds. The van der Waals surface area contributed by atoms with Crippen LogP contribution in [0.5, 0.6) is 5.75 Å². The molecule has 0 atom stereocenters. The van der Waals surface area contributed by atoms with E-state index in [0.717, 1.165) is 11.1 Å². The molecule has 7 heteroatoms. The molecule has 0 aromatic heterocycles. The summed E-state index contributed by atoms with van der Waals surface area (Å²) < 4.78 is 33.6. The third kappa shape index (κ3) is 4.31. The maximum absolute atomic E-state index is 13.6. The first-order valence-electron chi connectivity index (χ1n) is 9.29. The lowest BCUT2D eigenvalue weighted by atomic mass is 10.0. The number of sulfonamides is 1. The zero-order valence-corrected chi connectivity index (χ0v) is 17.8. The topological polar surface area (TPSA) is 83.9 Å². The van der Waals surface area contributed by atoms with Crippen molar-refractivity contribution in [2.45, 2.75) is 25.3 Å². The lowest BCUT2D eigenvalue weighted by Crippen LogP contribution is -2.32. The van der Waals surface area contributed by atoms with Crippen LogP contribution in [0.4, 0.5) is 5.69 Å². The van der Waals surface area contributed by atoms with Crippen molar-refractivity contribution in [3.05, 3.63) is 89.0 Å². The normalized spacial score (nSPS) is 11.2. The highest BCUT2D eigenvalue weighted by Gasteiger charge is 2.30. The Labute approximate surface area is 176 Å². The van der Waals surface area contributed by atoms with Gasteiger partial charge in [-0.1, -0.05) is 36.4 Å². The number of methoxy groups -OCH3 is 1. The molecule has 0 bridgehead atoms. The Kier molecular flexibility index (Phi) is 6.12. The highest BCUT2D eigenvalue weighted by Crippen LogP contribution is 2.33. The van der Waals surface area contributed by atoms with Gasteiger partial charge in [0.15, 0.2) is 0 Å². The predicted octanol–water partition coefficient (Wildman–Crippen LogP) is 4.41. The summed E-state index contributed by atoms with van der Waals surface area (Å²) in [6.45, 7) is 3.50. The van der Waals surface area contributed by atoms with Gasteiger partial charge in [0.25, 0.3) is 10.0 Å². The summed E-state index contributed by atoms with van der Waals surface area (Å²) in [5, 5.41) is 9.80. The number of carboxylic acid groups (broad SMARTS) is 1. The van der Waals surface area contributed by atoms with E-state index in [1.54, 1.807) is 44.2 Å². The molecule has 3 aromatic carbocycles. The Morgan fingerprint density at radius 3 is 2.20 bits per heavy atom. The lowest BCUT2D eigenvalue weighted by molar-refractivity contribution is 0.0697. The first-order chi connectivity index (χ1) is 14.2. The third-order valence-corrected chi connectivity index (χ3v) is 6.50. The number of rotatable bonds is 7. The largest absolute Gasteiger partial charge is 0.497 e.